The summed E-state index contributed by atoms with van der Waals surface area (Å²) in [5, 5.41) is 0. The molecule has 0 aromatic carbocycles. The molecule has 0 aliphatic rings. The maximum Gasteiger partial charge on any atom is 0.305 e. The van der Waals surface area contributed by atoms with Crippen LogP contribution in [0.2, 0.25) is 0 Å². The Bertz CT molecular complexity index is 352. The van der Waals surface area contributed by atoms with Crippen molar-refractivity contribution in [3.63, 3.8) is 0 Å². The summed E-state index contributed by atoms with van der Waals surface area (Å²) in [6.45, 7) is 2.11. The molecule has 0 bridgehead atoms. The third-order valence-corrected chi connectivity index (χ3v) is 3.48. The zero-order valence-corrected chi connectivity index (χ0v) is 14.2. The highest BCUT2D eigenvalue weighted by Crippen LogP contribution is 2.08. The van der Waals surface area contributed by atoms with Gasteiger partial charge in [-0.05, 0) is 38.2 Å². The third kappa shape index (κ3) is 15.1. The minimum atomic E-state index is -0.981. The summed E-state index contributed by atoms with van der Waals surface area (Å²) in [6, 6.07) is 0. The third-order valence-electron chi connectivity index (χ3n) is 3.48. The van der Waals surface area contributed by atoms with Crippen LogP contribution in [0.25, 0.3) is 0 Å². The van der Waals surface area contributed by atoms with Crippen LogP contribution in [-0.4, -0.2) is 19.3 Å². The van der Waals surface area contributed by atoms with Crippen LogP contribution in [0.5, 0.6) is 0 Å². The first-order valence-electron chi connectivity index (χ1n) is 8.57. The van der Waals surface area contributed by atoms with Crippen molar-refractivity contribution in [2.24, 2.45) is 0 Å². The summed E-state index contributed by atoms with van der Waals surface area (Å²) in [4.78, 5) is 10.9. The fraction of sp³-hybridized carbons (Fsp3) is 0.737. The summed E-state index contributed by atoms with van der Waals surface area (Å²) in [5.41, 5.74) is 0. The Labute approximate surface area is 135 Å². The predicted octanol–water partition coefficient (Wildman–Crippen LogP) is 5.37. The number of hydrogen-bond acceptors (Lipinski definition) is 2. The number of ether oxygens (including phenoxy) is 1. The monoisotopic (exact) mass is 310 g/mol. The second kappa shape index (κ2) is 16.1. The Morgan fingerprint density at radius 1 is 1.14 bits per heavy atom. The normalized spacial score (nSPS) is 12.0. The van der Waals surface area contributed by atoms with Crippen molar-refractivity contribution in [2.75, 3.05) is 7.11 Å². The topological polar surface area (TPSA) is 26.3 Å². The molecule has 0 amide bonds. The van der Waals surface area contributed by atoms with Gasteiger partial charge in [0.25, 0.3) is 0 Å². The molecule has 0 radical (unpaired) electrons. The Morgan fingerprint density at radius 3 is 2.59 bits per heavy atom. The molecule has 0 aliphatic heterocycles. The molecule has 0 aromatic rings. The molecule has 0 aromatic heterocycles. The second-order valence-electron chi connectivity index (χ2n) is 5.54. The zero-order valence-electron chi connectivity index (χ0n) is 14.2. The van der Waals surface area contributed by atoms with Crippen LogP contribution in [-0.2, 0) is 9.53 Å². The molecule has 2 nitrogen and oxygen atoms in total. The van der Waals surface area contributed by atoms with Gasteiger partial charge in [0.15, 0.2) is 6.17 Å². The first-order valence-corrected chi connectivity index (χ1v) is 8.57. The van der Waals surface area contributed by atoms with Crippen LogP contribution < -0.4 is 0 Å². The van der Waals surface area contributed by atoms with Gasteiger partial charge < -0.3 is 4.74 Å². The maximum absolute atomic E-state index is 13.3. The molecule has 126 valence electrons. The minimum absolute atomic E-state index is 0.123. The van der Waals surface area contributed by atoms with E-state index in [2.05, 4.69) is 23.5 Å². The smallest absolute Gasteiger partial charge is 0.305 e. The van der Waals surface area contributed by atoms with Gasteiger partial charge in [0.1, 0.15) is 0 Å². The standard InChI is InChI=1S/C19H31FO2/c1-3-4-12-15-18(20)16-13-10-8-6-5-7-9-11-14-17-19(21)22-2/h8,10,18H,3-7,9,11-12,14-15,17H2,1-2H3/b10-8+/t18-/m1/s1. The van der Waals surface area contributed by atoms with E-state index in [1.165, 1.54) is 7.11 Å². The molecule has 0 spiro atoms. The van der Waals surface area contributed by atoms with Gasteiger partial charge in [-0.25, -0.2) is 4.39 Å². The van der Waals surface area contributed by atoms with Crippen molar-refractivity contribution in [3.8, 4) is 11.8 Å². The lowest BCUT2D eigenvalue weighted by Gasteiger charge is -1.99. The van der Waals surface area contributed by atoms with Gasteiger partial charge in [0.2, 0.25) is 0 Å². The lowest BCUT2D eigenvalue weighted by Crippen LogP contribution is -1.98. The van der Waals surface area contributed by atoms with E-state index in [0.717, 1.165) is 57.8 Å². The van der Waals surface area contributed by atoms with Crippen molar-refractivity contribution < 1.29 is 13.9 Å². The Hall–Kier alpha value is -1.30. The van der Waals surface area contributed by atoms with E-state index in [4.69, 9.17) is 0 Å². The van der Waals surface area contributed by atoms with Crippen LogP contribution in [0, 0.1) is 11.8 Å². The molecule has 0 fully saturated rings. The van der Waals surface area contributed by atoms with E-state index < -0.39 is 6.17 Å². The number of carbonyl (C=O) groups excluding carboxylic acids is 1. The first-order chi connectivity index (χ1) is 10.7. The molecule has 0 N–H and O–H groups in total. The molecule has 0 aliphatic carbocycles. The minimum Gasteiger partial charge on any atom is -0.469 e. The van der Waals surface area contributed by atoms with Gasteiger partial charge in [-0.15, -0.1) is 0 Å². The van der Waals surface area contributed by atoms with Gasteiger partial charge in [0.05, 0.1) is 7.11 Å². The number of methoxy groups -OCH3 is 1. The average Bonchev–Trinajstić information content (AvgIpc) is 2.52. The molecule has 1 atom stereocenters. The van der Waals surface area contributed by atoms with E-state index in [-0.39, 0.29) is 5.97 Å². The van der Waals surface area contributed by atoms with Gasteiger partial charge in [-0.1, -0.05) is 56.9 Å². The predicted molar refractivity (Wildman–Crippen MR) is 90.3 cm³/mol. The number of esters is 1. The van der Waals surface area contributed by atoms with Crippen molar-refractivity contribution in [1.82, 2.24) is 0 Å². The highest BCUT2D eigenvalue weighted by molar-refractivity contribution is 5.68. The van der Waals surface area contributed by atoms with Crippen molar-refractivity contribution >= 4 is 5.97 Å². The van der Waals surface area contributed by atoms with Crippen molar-refractivity contribution in [1.29, 1.82) is 0 Å². The number of alkyl halides is 1. The van der Waals surface area contributed by atoms with E-state index in [1.54, 1.807) is 6.08 Å². The SMILES string of the molecule is CCCCC[C@@H](F)C#C/C=C/CCCCCCCC(=O)OC. The number of carbonyl (C=O) groups is 1. The summed E-state index contributed by atoms with van der Waals surface area (Å²) >= 11 is 0. The Balaban J connectivity index is 3.42. The number of allylic oxidation sites excluding steroid dienone is 2. The Morgan fingerprint density at radius 2 is 1.86 bits per heavy atom. The van der Waals surface area contributed by atoms with Gasteiger partial charge >= 0.3 is 5.97 Å². The van der Waals surface area contributed by atoms with Gasteiger partial charge in [-0.2, -0.15) is 0 Å². The van der Waals surface area contributed by atoms with E-state index in [9.17, 15) is 9.18 Å². The molecule has 0 rings (SSSR count). The Kier molecular flexibility index (Phi) is 15.1. The average molecular weight is 310 g/mol. The summed E-state index contributed by atoms with van der Waals surface area (Å²) in [7, 11) is 1.42. The lowest BCUT2D eigenvalue weighted by atomic mass is 10.1. The van der Waals surface area contributed by atoms with Gasteiger partial charge in [-0.3, -0.25) is 4.79 Å². The molecular weight excluding hydrogens is 279 g/mol. The van der Waals surface area contributed by atoms with Crippen LogP contribution in [0.4, 0.5) is 4.39 Å². The van der Waals surface area contributed by atoms with Crippen molar-refractivity contribution in [2.45, 2.75) is 83.7 Å². The van der Waals surface area contributed by atoms with E-state index >= 15 is 0 Å². The maximum atomic E-state index is 13.3. The number of unbranched alkanes of at least 4 members (excludes halogenated alkanes) is 7. The number of halogens is 1. The highest BCUT2D eigenvalue weighted by Gasteiger charge is 1.99. The second-order valence-corrected chi connectivity index (χ2v) is 5.54. The molecule has 0 unspecified atom stereocenters. The molecule has 0 saturated heterocycles. The number of hydrogen-bond donors (Lipinski definition) is 0. The molecule has 0 heterocycles. The number of rotatable bonds is 12. The fourth-order valence-corrected chi connectivity index (χ4v) is 2.09. The van der Waals surface area contributed by atoms with Crippen LogP contribution in [0.1, 0.15) is 77.6 Å². The zero-order chi connectivity index (χ0) is 16.5. The summed E-state index contributed by atoms with van der Waals surface area (Å²) in [6.07, 6.45) is 13.4. The largest absolute Gasteiger partial charge is 0.469 e. The molecule has 0 saturated carbocycles. The van der Waals surface area contributed by atoms with Crippen molar-refractivity contribution in [3.05, 3.63) is 12.2 Å². The van der Waals surface area contributed by atoms with Crippen LogP contribution >= 0.6 is 0 Å². The molecular formula is C19H31FO2. The quantitative estimate of drug-likeness (QED) is 0.275. The molecule has 3 heteroatoms. The fourth-order valence-electron chi connectivity index (χ4n) is 2.09. The van der Waals surface area contributed by atoms with Crippen LogP contribution in [0.3, 0.4) is 0 Å². The highest BCUT2D eigenvalue weighted by atomic mass is 19.1. The summed E-state index contributed by atoms with van der Waals surface area (Å²) < 4.78 is 17.9. The van der Waals surface area contributed by atoms with E-state index in [0.29, 0.717) is 12.8 Å². The lowest BCUT2D eigenvalue weighted by molar-refractivity contribution is -0.140. The molecule has 22 heavy (non-hydrogen) atoms. The van der Waals surface area contributed by atoms with Crippen LogP contribution in [0.15, 0.2) is 12.2 Å². The summed E-state index contributed by atoms with van der Waals surface area (Å²) in [5.74, 6) is 5.29. The first kappa shape index (κ1) is 20.7. The van der Waals surface area contributed by atoms with E-state index in [1.807, 2.05) is 6.08 Å². The van der Waals surface area contributed by atoms with Gasteiger partial charge in [0, 0.05) is 6.42 Å².